The van der Waals surface area contributed by atoms with Crippen molar-refractivity contribution in [1.82, 2.24) is 0 Å². The van der Waals surface area contributed by atoms with Gasteiger partial charge in [0.2, 0.25) is 0 Å². The third-order valence-electron chi connectivity index (χ3n) is 6.58. The number of halogens is 2. The zero-order valence-corrected chi connectivity index (χ0v) is 27.7. The number of nitrogens with zero attached hydrogens (tertiary/aromatic N) is 3. The fourth-order valence-corrected chi connectivity index (χ4v) is 7.17. The quantitative estimate of drug-likeness (QED) is 0.123. The van der Waals surface area contributed by atoms with E-state index in [1.165, 1.54) is 56.9 Å². The molecule has 0 aliphatic carbocycles. The molecule has 3 aromatic carbocycles. The van der Waals surface area contributed by atoms with Crippen molar-refractivity contribution >= 4 is 46.7 Å². The van der Waals surface area contributed by atoms with Gasteiger partial charge in [0, 0.05) is 24.5 Å². The summed E-state index contributed by atoms with van der Waals surface area (Å²) in [6, 6.07) is 14.0. The Balaban J connectivity index is 0.000000232. The smallest absolute Gasteiger partial charge is 0.0146 e. The summed E-state index contributed by atoms with van der Waals surface area (Å²) in [6.45, 7) is 21.5. The van der Waals surface area contributed by atoms with E-state index in [0.29, 0.717) is 5.56 Å². The molecule has 1 heterocycles. The Morgan fingerprint density at radius 1 is 0.875 bits per heavy atom. The van der Waals surface area contributed by atoms with Gasteiger partial charge in [0.25, 0.3) is 0 Å². The van der Waals surface area contributed by atoms with Crippen LogP contribution in [0.5, 0.6) is 0 Å². The zero-order chi connectivity index (χ0) is 29.7. The van der Waals surface area contributed by atoms with E-state index in [9.17, 15) is 10.1 Å². The van der Waals surface area contributed by atoms with Crippen LogP contribution in [0.15, 0.2) is 42.5 Å². The number of nitro benzene ring substituents is 1. The summed E-state index contributed by atoms with van der Waals surface area (Å²) in [7, 11) is 11.6. The third kappa shape index (κ3) is 8.28. The number of aryl methyl sites for hydroxylation is 6. The molecule has 1 aliphatic heterocycles. The Kier molecular flexibility index (Phi) is 11.2. The van der Waals surface area contributed by atoms with Gasteiger partial charge in [-0.2, -0.15) is 6.67 Å². The molecule has 1 N–H and O–H groups in total. The predicted octanol–water partition coefficient (Wildman–Crippen LogP) is 8.47. The molecule has 1 saturated heterocycles. The monoisotopic (exact) mass is 671 g/mol. The van der Waals surface area contributed by atoms with E-state index in [4.69, 9.17) is 19.4 Å². The summed E-state index contributed by atoms with van der Waals surface area (Å²) in [5, 5.41) is 13.9. The van der Waals surface area contributed by atoms with Crippen LogP contribution in [-0.4, -0.2) is 28.7 Å². The van der Waals surface area contributed by atoms with Gasteiger partial charge in [-0.15, -0.1) is 0 Å². The second-order valence-electron chi connectivity index (χ2n) is 10.6. The van der Waals surface area contributed by atoms with E-state index in [1.54, 1.807) is 10.7 Å². The molecular formula is C31H39Cl2N4O2Ru-. The van der Waals surface area contributed by atoms with Crippen LogP contribution in [-0.2, 0) is 13.5 Å². The van der Waals surface area contributed by atoms with Gasteiger partial charge in [-0.3, -0.25) is 0 Å². The molecule has 0 saturated carbocycles. The van der Waals surface area contributed by atoms with Gasteiger partial charge in [-0.1, -0.05) is 35.4 Å². The van der Waals surface area contributed by atoms with E-state index in [0.717, 1.165) is 18.8 Å². The Labute approximate surface area is 251 Å². The van der Waals surface area contributed by atoms with Gasteiger partial charge >= 0.3 is 113 Å². The van der Waals surface area contributed by atoms with Crippen molar-refractivity contribution in [2.45, 2.75) is 61.4 Å². The number of benzene rings is 3. The van der Waals surface area contributed by atoms with Crippen LogP contribution in [0.4, 0.5) is 22.7 Å². The van der Waals surface area contributed by atoms with Crippen LogP contribution in [0, 0.1) is 58.3 Å². The number of anilines is 3. The molecule has 0 amide bonds. The minimum absolute atomic E-state index is 0.0364. The maximum atomic E-state index is 10.7. The minimum Gasteiger partial charge on any atom is -0.502 e. The van der Waals surface area contributed by atoms with Crippen molar-refractivity contribution in [3.8, 4) is 0 Å². The number of nitrogens with one attached hydrogen (secondary N) is 1. The first-order valence-electron chi connectivity index (χ1n) is 13.2. The molecule has 218 valence electrons. The molecule has 4 rings (SSSR count). The normalized spacial score (nSPS) is 13.2. The van der Waals surface area contributed by atoms with Gasteiger partial charge in [0.1, 0.15) is 0 Å². The molecule has 0 radical (unpaired) electrons. The number of non-ortho nitro benzene ring substituents is 1. The summed E-state index contributed by atoms with van der Waals surface area (Å²) >= 11 is -2.01. The molecule has 3 aromatic rings. The summed E-state index contributed by atoms with van der Waals surface area (Å²) in [4.78, 5) is 15.1. The molecule has 1 aliphatic rings. The Hall–Kier alpha value is -2.47. The van der Waals surface area contributed by atoms with Crippen LogP contribution in [0.2, 0.25) is 0 Å². The van der Waals surface area contributed by atoms with Crippen LogP contribution in [0.3, 0.4) is 0 Å². The average molecular weight is 672 g/mol. The van der Waals surface area contributed by atoms with Crippen LogP contribution in [0.25, 0.3) is 0 Å². The number of hydrogen-bond acceptors (Lipinski definition) is 5. The summed E-state index contributed by atoms with van der Waals surface area (Å²) in [5.74, 6) is 0. The SMILES string of the molecule is CC(C)Nc1ccc([N+](=O)[O-])cc1[CH]=[Ru]([Cl])[Cl].Cc1cc(C)c(N2[CH-]N(c3c(C)cc(C)cc3C)CC2)c(C)c1. The van der Waals surface area contributed by atoms with E-state index < -0.39 is 18.4 Å². The van der Waals surface area contributed by atoms with Crippen LogP contribution >= 0.6 is 19.4 Å². The Morgan fingerprint density at radius 2 is 1.32 bits per heavy atom. The van der Waals surface area contributed by atoms with E-state index in [-0.39, 0.29) is 11.7 Å². The maximum absolute atomic E-state index is 10.7. The summed E-state index contributed by atoms with van der Waals surface area (Å²) in [6.07, 6.45) is 0. The second kappa shape index (κ2) is 13.9. The first kappa shape index (κ1) is 32.1. The van der Waals surface area contributed by atoms with E-state index in [2.05, 4.69) is 87.6 Å². The van der Waals surface area contributed by atoms with E-state index >= 15 is 0 Å². The first-order valence-corrected chi connectivity index (χ1v) is 18.7. The van der Waals surface area contributed by atoms with Crippen molar-refractivity contribution in [3.63, 3.8) is 0 Å². The van der Waals surface area contributed by atoms with Gasteiger partial charge in [-0.05, 0) is 63.8 Å². The largest absolute Gasteiger partial charge is 0.502 e. The molecular weight excluding hydrogens is 632 g/mol. The Morgan fingerprint density at radius 3 is 1.70 bits per heavy atom. The van der Waals surface area contributed by atoms with Crippen molar-refractivity contribution < 1.29 is 18.4 Å². The van der Waals surface area contributed by atoms with Crippen LogP contribution < -0.4 is 15.1 Å². The van der Waals surface area contributed by atoms with Gasteiger partial charge in [-0.25, -0.2) is 0 Å². The molecule has 0 atom stereocenters. The van der Waals surface area contributed by atoms with Crippen molar-refractivity contribution in [3.05, 3.63) is 98.2 Å². The van der Waals surface area contributed by atoms with Crippen molar-refractivity contribution in [2.75, 3.05) is 28.2 Å². The predicted molar refractivity (Wildman–Crippen MR) is 169 cm³/mol. The summed E-state index contributed by atoms with van der Waals surface area (Å²) < 4.78 is 1.70. The molecule has 0 bridgehead atoms. The standard InChI is InChI=1S/C21H27N2.C10H12N2O2.2ClH.Ru/c1-14-9-16(3)20(17(4)10-14)22-7-8-23(13-22)21-18(5)11-15(2)12-19(21)6;1-7(2)11-10-5-4-9(12(13)14)6-8(10)3;;;/h9-13H,7-8H2,1-6H3;3-7,11H,1-2H3;2*1H;/q-1;;;;+2/p-2. The molecule has 40 heavy (non-hydrogen) atoms. The van der Waals surface area contributed by atoms with Crippen molar-refractivity contribution in [2.24, 2.45) is 0 Å². The zero-order valence-electron chi connectivity index (χ0n) is 24.5. The topological polar surface area (TPSA) is 61.7 Å². The Bertz CT molecular complexity index is 1310. The number of hydrogen-bond donors (Lipinski definition) is 1. The second-order valence-corrected chi connectivity index (χ2v) is 16.4. The fourth-order valence-electron chi connectivity index (χ4n) is 5.36. The van der Waals surface area contributed by atoms with Gasteiger partial charge in [0.15, 0.2) is 0 Å². The van der Waals surface area contributed by atoms with Gasteiger partial charge in [0.05, 0.1) is 0 Å². The summed E-state index contributed by atoms with van der Waals surface area (Å²) in [5.41, 5.74) is 12.4. The third-order valence-corrected chi connectivity index (χ3v) is 8.42. The molecule has 1 fully saturated rings. The number of rotatable bonds is 6. The molecule has 6 nitrogen and oxygen atoms in total. The van der Waals surface area contributed by atoms with Gasteiger partial charge < -0.3 is 9.80 Å². The van der Waals surface area contributed by atoms with Crippen LogP contribution in [0.1, 0.15) is 52.8 Å². The fraction of sp³-hybridized carbons (Fsp3) is 0.355. The first-order chi connectivity index (χ1) is 18.8. The minimum atomic E-state index is -2.01. The molecule has 9 heteroatoms. The van der Waals surface area contributed by atoms with Crippen molar-refractivity contribution in [1.29, 1.82) is 0 Å². The maximum Gasteiger partial charge on any atom is 0.0146 e. The van der Waals surface area contributed by atoms with E-state index in [1.807, 2.05) is 13.8 Å². The number of nitro groups is 1. The molecule has 0 unspecified atom stereocenters. The molecule has 0 aromatic heterocycles. The average Bonchev–Trinajstić information content (AvgIpc) is 3.27. The molecule has 0 spiro atoms.